The highest BCUT2D eigenvalue weighted by Gasteiger charge is 2.15. The summed E-state index contributed by atoms with van der Waals surface area (Å²) in [7, 11) is 0. The van der Waals surface area contributed by atoms with E-state index in [0.717, 1.165) is 23.4 Å². The third-order valence-electron chi connectivity index (χ3n) is 3.91. The molecule has 0 radical (unpaired) electrons. The van der Waals surface area contributed by atoms with Gasteiger partial charge < -0.3 is 19.4 Å². The zero-order valence-electron chi connectivity index (χ0n) is 13.1. The summed E-state index contributed by atoms with van der Waals surface area (Å²) in [6, 6.07) is 15.0. The molecule has 0 bridgehead atoms. The molecule has 1 aromatic heterocycles. The number of imidazole rings is 1. The first-order chi connectivity index (χ1) is 11.8. The number of ether oxygens (including phenoxy) is 2. The lowest BCUT2D eigenvalue weighted by atomic mass is 10.2. The van der Waals surface area contributed by atoms with Crippen molar-refractivity contribution in [1.82, 2.24) is 9.55 Å². The van der Waals surface area contributed by atoms with Gasteiger partial charge in [-0.25, -0.2) is 4.98 Å². The molecule has 122 valence electrons. The molecule has 6 nitrogen and oxygen atoms in total. The van der Waals surface area contributed by atoms with Gasteiger partial charge in [0, 0.05) is 12.2 Å². The molecule has 2 aromatic carbocycles. The van der Waals surface area contributed by atoms with Crippen molar-refractivity contribution in [1.29, 1.82) is 0 Å². The fourth-order valence-corrected chi connectivity index (χ4v) is 2.80. The highest BCUT2D eigenvalue weighted by atomic mass is 16.5. The van der Waals surface area contributed by atoms with Crippen molar-refractivity contribution >= 4 is 22.6 Å². The monoisotopic (exact) mass is 323 g/mol. The fraction of sp³-hybridized carbons (Fsp3) is 0.222. The van der Waals surface area contributed by atoms with E-state index < -0.39 is 0 Å². The number of para-hydroxylation sites is 1. The van der Waals surface area contributed by atoms with Gasteiger partial charge in [-0.3, -0.25) is 4.79 Å². The minimum absolute atomic E-state index is 0.0322. The van der Waals surface area contributed by atoms with Gasteiger partial charge in [0.25, 0.3) is 5.91 Å². The van der Waals surface area contributed by atoms with E-state index in [2.05, 4.69) is 14.9 Å². The maximum absolute atomic E-state index is 12.0. The number of rotatable bonds is 4. The van der Waals surface area contributed by atoms with Crippen LogP contribution in [0.4, 0.5) is 5.69 Å². The highest BCUT2D eigenvalue weighted by molar-refractivity contribution is 5.94. The number of anilines is 1. The van der Waals surface area contributed by atoms with E-state index in [1.165, 1.54) is 0 Å². The molecule has 2 heterocycles. The molecule has 6 heteroatoms. The molecule has 3 aromatic rings. The molecule has 0 spiro atoms. The third kappa shape index (κ3) is 2.96. The van der Waals surface area contributed by atoms with E-state index in [1.807, 2.05) is 48.5 Å². The summed E-state index contributed by atoms with van der Waals surface area (Å²) in [4.78, 5) is 16.6. The molecule has 0 saturated carbocycles. The van der Waals surface area contributed by atoms with Crippen LogP contribution >= 0.6 is 0 Å². The molecular formula is C18H17N3O3. The van der Waals surface area contributed by atoms with Crippen molar-refractivity contribution in [2.45, 2.75) is 13.2 Å². The van der Waals surface area contributed by atoms with Crippen molar-refractivity contribution in [3.05, 3.63) is 54.4 Å². The zero-order chi connectivity index (χ0) is 16.4. The molecule has 1 amide bonds. The Hall–Kier alpha value is -2.86. The van der Waals surface area contributed by atoms with Crippen LogP contribution in [0.25, 0.3) is 11.0 Å². The average Bonchev–Trinajstić information content (AvgIpc) is 2.98. The second-order valence-corrected chi connectivity index (χ2v) is 5.59. The number of nitrogens with zero attached hydrogens (tertiary/aromatic N) is 2. The van der Waals surface area contributed by atoms with E-state index in [0.29, 0.717) is 24.7 Å². The lowest BCUT2D eigenvalue weighted by Gasteiger charge is -2.14. The maximum Gasteiger partial charge on any atom is 0.262 e. The molecule has 1 N–H and O–H groups in total. The Morgan fingerprint density at radius 1 is 1.25 bits per heavy atom. The Bertz CT molecular complexity index is 874. The van der Waals surface area contributed by atoms with Gasteiger partial charge in [0.15, 0.2) is 6.61 Å². The van der Waals surface area contributed by atoms with Crippen LogP contribution < -0.4 is 10.1 Å². The van der Waals surface area contributed by atoms with E-state index >= 15 is 0 Å². The van der Waals surface area contributed by atoms with Crippen molar-refractivity contribution in [3.8, 4) is 5.75 Å². The van der Waals surface area contributed by atoms with Gasteiger partial charge >= 0.3 is 0 Å². The number of fused-ring (bicyclic) bond motifs is 3. The zero-order valence-corrected chi connectivity index (χ0v) is 13.1. The largest absolute Gasteiger partial charge is 0.484 e. The predicted molar refractivity (Wildman–Crippen MR) is 90.0 cm³/mol. The number of hydrogen-bond acceptors (Lipinski definition) is 4. The molecule has 1 aliphatic rings. The van der Waals surface area contributed by atoms with Crippen LogP contribution in [0.15, 0.2) is 48.5 Å². The normalized spacial score (nSPS) is 13.5. The SMILES string of the molecule is O=C(COc1ccccc1)Nc1ccc2c(c1)nc1n2CCOC1. The summed E-state index contributed by atoms with van der Waals surface area (Å²) in [5.41, 5.74) is 2.63. The van der Waals surface area contributed by atoms with Crippen LogP contribution in [-0.4, -0.2) is 28.7 Å². The van der Waals surface area contributed by atoms with Gasteiger partial charge in [-0.1, -0.05) is 18.2 Å². The van der Waals surface area contributed by atoms with Crippen LogP contribution in [-0.2, 0) is 22.7 Å². The Labute approximate surface area is 139 Å². The van der Waals surface area contributed by atoms with Gasteiger partial charge in [0.1, 0.15) is 18.2 Å². The van der Waals surface area contributed by atoms with Crippen LogP contribution in [0.5, 0.6) is 5.75 Å². The summed E-state index contributed by atoms with van der Waals surface area (Å²) in [5.74, 6) is 1.39. The van der Waals surface area contributed by atoms with E-state index in [4.69, 9.17) is 9.47 Å². The van der Waals surface area contributed by atoms with E-state index in [1.54, 1.807) is 0 Å². The van der Waals surface area contributed by atoms with Crippen molar-refractivity contribution in [2.24, 2.45) is 0 Å². The second-order valence-electron chi connectivity index (χ2n) is 5.59. The molecule has 0 fully saturated rings. The Morgan fingerprint density at radius 3 is 3.00 bits per heavy atom. The number of carbonyl (C=O) groups excluding carboxylic acids is 1. The molecule has 1 aliphatic heterocycles. The Balaban J connectivity index is 1.45. The van der Waals surface area contributed by atoms with E-state index in [9.17, 15) is 4.79 Å². The van der Waals surface area contributed by atoms with Crippen LogP contribution in [0.3, 0.4) is 0 Å². The Kier molecular flexibility index (Phi) is 3.88. The topological polar surface area (TPSA) is 65.4 Å². The number of amides is 1. The van der Waals surface area contributed by atoms with Gasteiger partial charge in [-0.2, -0.15) is 0 Å². The minimum Gasteiger partial charge on any atom is -0.484 e. The number of aromatic nitrogens is 2. The average molecular weight is 323 g/mol. The summed E-state index contributed by atoms with van der Waals surface area (Å²) in [6.45, 7) is 2.01. The van der Waals surface area contributed by atoms with Crippen molar-refractivity contribution < 1.29 is 14.3 Å². The number of nitrogens with one attached hydrogen (secondary N) is 1. The molecule has 4 rings (SSSR count). The summed E-state index contributed by atoms with van der Waals surface area (Å²) < 4.78 is 13.0. The smallest absolute Gasteiger partial charge is 0.262 e. The summed E-state index contributed by atoms with van der Waals surface area (Å²) in [5, 5.41) is 2.84. The van der Waals surface area contributed by atoms with Gasteiger partial charge in [0.2, 0.25) is 0 Å². The molecular weight excluding hydrogens is 306 g/mol. The summed E-state index contributed by atoms with van der Waals surface area (Å²) >= 11 is 0. The Morgan fingerprint density at radius 2 is 2.12 bits per heavy atom. The first-order valence-corrected chi connectivity index (χ1v) is 7.84. The molecule has 0 atom stereocenters. The van der Waals surface area contributed by atoms with Gasteiger partial charge in [-0.15, -0.1) is 0 Å². The van der Waals surface area contributed by atoms with Crippen LogP contribution in [0, 0.1) is 0 Å². The minimum atomic E-state index is -0.203. The fourth-order valence-electron chi connectivity index (χ4n) is 2.80. The van der Waals surface area contributed by atoms with Gasteiger partial charge in [0.05, 0.1) is 17.6 Å². The van der Waals surface area contributed by atoms with E-state index in [-0.39, 0.29) is 12.5 Å². The molecule has 24 heavy (non-hydrogen) atoms. The number of carbonyl (C=O) groups is 1. The van der Waals surface area contributed by atoms with Crippen LogP contribution in [0.2, 0.25) is 0 Å². The third-order valence-corrected chi connectivity index (χ3v) is 3.91. The predicted octanol–water partition coefficient (Wildman–Crippen LogP) is 2.58. The number of hydrogen-bond donors (Lipinski definition) is 1. The standard InChI is InChI=1S/C18H17N3O3/c22-18(12-24-14-4-2-1-3-5-14)19-13-6-7-16-15(10-13)20-17-11-23-9-8-21(16)17/h1-7,10H,8-9,11-12H2,(H,19,22). The maximum atomic E-state index is 12.0. The molecule has 0 saturated heterocycles. The molecule has 0 unspecified atom stereocenters. The lowest BCUT2D eigenvalue weighted by molar-refractivity contribution is -0.118. The second kappa shape index (κ2) is 6.33. The van der Waals surface area contributed by atoms with Crippen molar-refractivity contribution in [3.63, 3.8) is 0 Å². The summed E-state index contributed by atoms with van der Waals surface area (Å²) in [6.07, 6.45) is 0. The van der Waals surface area contributed by atoms with Crippen LogP contribution in [0.1, 0.15) is 5.82 Å². The van der Waals surface area contributed by atoms with Crippen molar-refractivity contribution in [2.75, 3.05) is 18.5 Å². The highest BCUT2D eigenvalue weighted by Crippen LogP contribution is 2.22. The first kappa shape index (κ1) is 14.7. The first-order valence-electron chi connectivity index (χ1n) is 7.84. The lowest BCUT2D eigenvalue weighted by Crippen LogP contribution is -2.20. The molecule has 0 aliphatic carbocycles. The number of benzene rings is 2. The van der Waals surface area contributed by atoms with Gasteiger partial charge in [-0.05, 0) is 30.3 Å². The quantitative estimate of drug-likeness (QED) is 0.801.